The molecule has 3 nitrogen and oxygen atoms in total. The number of fused-ring (bicyclic) bond motifs is 1. The number of alkyl halides is 4. The Hall–Kier alpha value is -1.81. The predicted molar refractivity (Wildman–Crippen MR) is 56.3 cm³/mol. The smallest absolute Gasteiger partial charge is 0.281 e. The minimum absolute atomic E-state index is 0.0859. The van der Waals surface area contributed by atoms with E-state index in [1.807, 2.05) is 0 Å². The van der Waals surface area contributed by atoms with Gasteiger partial charge in [0, 0.05) is 17.5 Å². The SMILES string of the molecule is N#Cc1ccc(OCC(F)F)c2c1[C@H](O)C(F)(F)C2. The summed E-state index contributed by atoms with van der Waals surface area (Å²) < 4.78 is 55.8. The summed E-state index contributed by atoms with van der Waals surface area (Å²) in [5.41, 5.74) is -0.430. The Kier molecular flexibility index (Phi) is 3.37. The largest absolute Gasteiger partial charge is 0.487 e. The Bertz CT molecular complexity index is 539. The van der Waals surface area contributed by atoms with Crippen molar-refractivity contribution in [1.29, 1.82) is 5.26 Å². The molecule has 1 N–H and O–H groups in total. The van der Waals surface area contributed by atoms with Crippen molar-refractivity contribution in [3.63, 3.8) is 0 Å². The molecule has 0 bridgehead atoms. The molecule has 0 amide bonds. The summed E-state index contributed by atoms with van der Waals surface area (Å²) in [6.07, 6.45) is -5.69. The van der Waals surface area contributed by atoms with E-state index in [1.54, 1.807) is 6.07 Å². The molecule has 19 heavy (non-hydrogen) atoms. The number of benzene rings is 1. The van der Waals surface area contributed by atoms with Crippen molar-refractivity contribution in [3.05, 3.63) is 28.8 Å². The topological polar surface area (TPSA) is 53.2 Å². The molecule has 7 heteroatoms. The van der Waals surface area contributed by atoms with Gasteiger partial charge in [0.05, 0.1) is 11.6 Å². The molecule has 1 atom stereocenters. The van der Waals surface area contributed by atoms with Crippen LogP contribution in [0.1, 0.15) is 22.8 Å². The Labute approximate surface area is 106 Å². The lowest BCUT2D eigenvalue weighted by molar-refractivity contribution is -0.0969. The standard InChI is InChI=1S/C12H9F4NO2/c13-9(14)5-19-8-2-1-6(4-17)10-7(8)3-12(15,16)11(10)18/h1-2,9,11,18H,3,5H2/t11-/m0/s1. The van der Waals surface area contributed by atoms with Gasteiger partial charge in [-0.05, 0) is 12.1 Å². The van der Waals surface area contributed by atoms with Crippen LogP contribution in [0.3, 0.4) is 0 Å². The van der Waals surface area contributed by atoms with E-state index in [4.69, 9.17) is 10.00 Å². The van der Waals surface area contributed by atoms with Crippen LogP contribution >= 0.6 is 0 Å². The number of aliphatic hydroxyl groups excluding tert-OH is 1. The van der Waals surface area contributed by atoms with Crippen molar-refractivity contribution in [2.75, 3.05) is 6.61 Å². The number of nitriles is 1. The lowest BCUT2D eigenvalue weighted by atomic mass is 10.0. The summed E-state index contributed by atoms with van der Waals surface area (Å²) in [7, 11) is 0. The molecule has 0 radical (unpaired) electrons. The highest BCUT2D eigenvalue weighted by Crippen LogP contribution is 2.47. The highest BCUT2D eigenvalue weighted by molar-refractivity contribution is 5.55. The Morgan fingerprint density at radius 2 is 2.16 bits per heavy atom. The first-order chi connectivity index (χ1) is 8.86. The molecular formula is C12H9F4NO2. The second kappa shape index (κ2) is 4.70. The molecule has 1 aliphatic carbocycles. The number of aliphatic hydroxyl groups is 1. The Morgan fingerprint density at radius 3 is 2.74 bits per heavy atom. The van der Waals surface area contributed by atoms with Gasteiger partial charge >= 0.3 is 0 Å². The van der Waals surface area contributed by atoms with Crippen molar-refractivity contribution < 1.29 is 27.4 Å². The van der Waals surface area contributed by atoms with E-state index in [1.165, 1.54) is 12.1 Å². The van der Waals surface area contributed by atoms with E-state index in [-0.39, 0.29) is 22.4 Å². The minimum atomic E-state index is -3.43. The summed E-state index contributed by atoms with van der Waals surface area (Å²) in [4.78, 5) is 0. The first-order valence-electron chi connectivity index (χ1n) is 5.39. The van der Waals surface area contributed by atoms with E-state index in [0.29, 0.717) is 0 Å². The molecule has 0 fully saturated rings. The van der Waals surface area contributed by atoms with Crippen LogP contribution in [0.4, 0.5) is 17.6 Å². The normalized spacial score (nSPS) is 20.2. The van der Waals surface area contributed by atoms with Crippen LogP contribution in [0.15, 0.2) is 12.1 Å². The summed E-state index contributed by atoms with van der Waals surface area (Å²) in [5, 5.41) is 18.4. The summed E-state index contributed by atoms with van der Waals surface area (Å²) in [6.45, 7) is -0.931. The number of rotatable bonds is 3. The molecule has 1 aromatic carbocycles. The van der Waals surface area contributed by atoms with Crippen molar-refractivity contribution >= 4 is 0 Å². The number of ether oxygens (including phenoxy) is 1. The second-order valence-corrected chi connectivity index (χ2v) is 4.16. The Morgan fingerprint density at radius 1 is 1.47 bits per heavy atom. The van der Waals surface area contributed by atoms with Crippen molar-refractivity contribution in [2.24, 2.45) is 0 Å². The zero-order valence-electron chi connectivity index (χ0n) is 9.54. The fourth-order valence-corrected chi connectivity index (χ4v) is 2.07. The first kappa shape index (κ1) is 13.6. The molecule has 0 heterocycles. The van der Waals surface area contributed by atoms with Crippen LogP contribution in [-0.4, -0.2) is 24.1 Å². The molecule has 0 spiro atoms. The molecule has 1 aromatic rings. The van der Waals surface area contributed by atoms with E-state index >= 15 is 0 Å². The molecule has 102 valence electrons. The molecule has 2 rings (SSSR count). The van der Waals surface area contributed by atoms with E-state index < -0.39 is 31.5 Å². The zero-order valence-corrected chi connectivity index (χ0v) is 9.54. The zero-order chi connectivity index (χ0) is 14.2. The van der Waals surface area contributed by atoms with Gasteiger partial charge in [0.1, 0.15) is 18.5 Å². The van der Waals surface area contributed by atoms with Crippen LogP contribution in [0, 0.1) is 11.3 Å². The average Bonchev–Trinajstić information content (AvgIpc) is 2.58. The maximum Gasteiger partial charge on any atom is 0.281 e. The van der Waals surface area contributed by atoms with Crippen LogP contribution in [0.5, 0.6) is 5.75 Å². The van der Waals surface area contributed by atoms with Crippen LogP contribution in [0.25, 0.3) is 0 Å². The third-order valence-electron chi connectivity index (χ3n) is 2.89. The maximum absolute atomic E-state index is 13.5. The third-order valence-corrected chi connectivity index (χ3v) is 2.89. The molecule has 0 saturated heterocycles. The van der Waals surface area contributed by atoms with E-state index in [0.717, 1.165) is 0 Å². The minimum Gasteiger partial charge on any atom is -0.487 e. The Balaban J connectivity index is 2.44. The number of hydrogen-bond acceptors (Lipinski definition) is 3. The van der Waals surface area contributed by atoms with Crippen LogP contribution in [-0.2, 0) is 6.42 Å². The summed E-state index contributed by atoms with van der Waals surface area (Å²) in [5.74, 6) is -3.58. The highest BCUT2D eigenvalue weighted by Gasteiger charge is 2.49. The highest BCUT2D eigenvalue weighted by atomic mass is 19.3. The molecule has 0 unspecified atom stereocenters. The van der Waals surface area contributed by atoms with Gasteiger partial charge in [-0.15, -0.1) is 0 Å². The van der Waals surface area contributed by atoms with Gasteiger partial charge in [0.15, 0.2) is 0 Å². The lowest BCUT2D eigenvalue weighted by Gasteiger charge is -2.13. The molecule has 0 saturated carbocycles. The van der Waals surface area contributed by atoms with Gasteiger partial charge < -0.3 is 9.84 Å². The molecule has 0 aromatic heterocycles. The fraction of sp³-hybridized carbons (Fsp3) is 0.417. The number of nitrogens with zero attached hydrogens (tertiary/aromatic N) is 1. The van der Waals surface area contributed by atoms with Gasteiger partial charge in [-0.1, -0.05) is 0 Å². The monoisotopic (exact) mass is 275 g/mol. The van der Waals surface area contributed by atoms with Crippen molar-refractivity contribution in [3.8, 4) is 11.8 Å². The number of halogens is 4. The summed E-state index contributed by atoms with van der Waals surface area (Å²) >= 11 is 0. The predicted octanol–water partition coefficient (Wildman–Crippen LogP) is 2.43. The lowest BCUT2D eigenvalue weighted by Crippen LogP contribution is -2.21. The molecular weight excluding hydrogens is 266 g/mol. The van der Waals surface area contributed by atoms with Crippen LogP contribution in [0.2, 0.25) is 0 Å². The van der Waals surface area contributed by atoms with Crippen LogP contribution < -0.4 is 4.74 Å². The molecule has 0 aliphatic heterocycles. The number of hydrogen-bond donors (Lipinski definition) is 1. The van der Waals surface area contributed by atoms with Gasteiger partial charge in [0.2, 0.25) is 0 Å². The third kappa shape index (κ3) is 2.36. The van der Waals surface area contributed by atoms with Gasteiger partial charge in [-0.3, -0.25) is 0 Å². The maximum atomic E-state index is 13.5. The first-order valence-corrected chi connectivity index (χ1v) is 5.39. The van der Waals surface area contributed by atoms with Gasteiger partial charge in [-0.25, -0.2) is 17.6 Å². The molecule has 1 aliphatic rings. The van der Waals surface area contributed by atoms with Crippen molar-refractivity contribution in [1.82, 2.24) is 0 Å². The van der Waals surface area contributed by atoms with Gasteiger partial charge in [0.25, 0.3) is 12.3 Å². The second-order valence-electron chi connectivity index (χ2n) is 4.16. The van der Waals surface area contributed by atoms with E-state index in [2.05, 4.69) is 0 Å². The van der Waals surface area contributed by atoms with Crippen molar-refractivity contribution in [2.45, 2.75) is 24.9 Å². The fourth-order valence-electron chi connectivity index (χ4n) is 2.07. The summed E-state index contributed by atoms with van der Waals surface area (Å²) in [6, 6.07) is 4.05. The quantitative estimate of drug-likeness (QED) is 0.862. The average molecular weight is 275 g/mol. The van der Waals surface area contributed by atoms with E-state index in [9.17, 15) is 22.7 Å². The van der Waals surface area contributed by atoms with Gasteiger partial charge in [-0.2, -0.15) is 5.26 Å².